The number of rotatable bonds is 15. The van der Waals surface area contributed by atoms with Gasteiger partial charge >= 0.3 is 5.97 Å². The van der Waals surface area contributed by atoms with E-state index in [2.05, 4.69) is 42.6 Å². The third-order valence-corrected chi connectivity index (χ3v) is 6.85. The summed E-state index contributed by atoms with van der Waals surface area (Å²) in [4.78, 5) is 31.7. The summed E-state index contributed by atoms with van der Waals surface area (Å²) in [6.45, 7) is 7.43. The third kappa shape index (κ3) is 8.88. The normalized spacial score (nSPS) is 13.4. The van der Waals surface area contributed by atoms with Crippen LogP contribution >= 0.6 is 0 Å². The van der Waals surface area contributed by atoms with Gasteiger partial charge in [0.25, 0.3) is 0 Å². The fourth-order valence-electron chi connectivity index (χ4n) is 4.58. The van der Waals surface area contributed by atoms with Crippen LogP contribution in [0, 0.1) is 13.8 Å². The fourth-order valence-corrected chi connectivity index (χ4v) is 4.58. The van der Waals surface area contributed by atoms with E-state index in [1.165, 1.54) is 5.56 Å². The Morgan fingerprint density at radius 3 is 2.77 bits per heavy atom. The van der Waals surface area contributed by atoms with Gasteiger partial charge in [0.15, 0.2) is 0 Å². The van der Waals surface area contributed by atoms with E-state index in [0.29, 0.717) is 32.1 Å². The molecule has 10 nitrogen and oxygen atoms in total. The molecule has 3 N–H and O–H groups in total. The van der Waals surface area contributed by atoms with Crippen LogP contribution in [0.5, 0.6) is 5.75 Å². The molecule has 0 spiro atoms. The first-order valence-corrected chi connectivity index (χ1v) is 13.8. The minimum Gasteiger partial charge on any atom is -0.490 e. The molecule has 1 aliphatic heterocycles. The Morgan fingerprint density at radius 1 is 1.13 bits per heavy atom. The number of fused-ring (bicyclic) bond motifs is 1. The Morgan fingerprint density at radius 2 is 1.97 bits per heavy atom. The van der Waals surface area contributed by atoms with Crippen LogP contribution in [0.2, 0.25) is 0 Å². The number of nitrogens with zero attached hydrogens (tertiary/aromatic N) is 5. The lowest BCUT2D eigenvalue weighted by Gasteiger charge is -2.24. The monoisotopic (exact) mass is 533 g/mol. The molecule has 3 aromatic rings. The second-order valence-electron chi connectivity index (χ2n) is 9.98. The number of carbonyl (C=O) groups is 1. The molecule has 10 heteroatoms. The van der Waals surface area contributed by atoms with Crippen molar-refractivity contribution >= 4 is 17.7 Å². The summed E-state index contributed by atoms with van der Waals surface area (Å²) < 4.78 is 5.98. The molecule has 0 saturated carbocycles. The highest BCUT2D eigenvalue weighted by atomic mass is 16.5. The molecule has 0 saturated heterocycles. The first kappa shape index (κ1) is 28.2. The number of aryl methyl sites for hydroxylation is 4. The van der Waals surface area contributed by atoms with Crippen molar-refractivity contribution in [1.29, 1.82) is 0 Å². The fraction of sp³-hybridized carbons (Fsp3) is 0.483. The molecule has 0 fully saturated rings. The SMILES string of the molecule is Cc1cnc(N[C@@H](CCN(CCCCc2ccc3c(n2)NCCC3)CCOc2cccnc2C)C(=O)O)nc1. The largest absolute Gasteiger partial charge is 0.490 e. The van der Waals surface area contributed by atoms with E-state index in [9.17, 15) is 9.90 Å². The minimum atomic E-state index is -0.923. The van der Waals surface area contributed by atoms with Gasteiger partial charge in [0, 0.05) is 43.9 Å². The minimum absolute atomic E-state index is 0.321. The summed E-state index contributed by atoms with van der Waals surface area (Å²) in [6, 6.07) is 7.33. The zero-order chi connectivity index (χ0) is 27.5. The molecule has 1 atom stereocenters. The van der Waals surface area contributed by atoms with Crippen molar-refractivity contribution in [2.75, 3.05) is 43.4 Å². The van der Waals surface area contributed by atoms with Gasteiger partial charge in [-0.05, 0) is 88.2 Å². The lowest BCUT2D eigenvalue weighted by molar-refractivity contribution is -0.138. The Kier molecular flexibility index (Phi) is 10.4. The predicted octanol–water partition coefficient (Wildman–Crippen LogP) is 3.90. The van der Waals surface area contributed by atoms with E-state index >= 15 is 0 Å². The van der Waals surface area contributed by atoms with E-state index in [1.54, 1.807) is 18.6 Å². The lowest BCUT2D eigenvalue weighted by Crippen LogP contribution is -2.37. The van der Waals surface area contributed by atoms with Crippen LogP contribution in [0.15, 0.2) is 42.9 Å². The summed E-state index contributed by atoms with van der Waals surface area (Å²) >= 11 is 0. The number of hydrogen-bond donors (Lipinski definition) is 3. The van der Waals surface area contributed by atoms with Crippen LogP contribution in [0.25, 0.3) is 0 Å². The topological polar surface area (TPSA) is 125 Å². The zero-order valence-electron chi connectivity index (χ0n) is 22.9. The quantitative estimate of drug-likeness (QED) is 0.248. The van der Waals surface area contributed by atoms with Crippen LogP contribution in [0.3, 0.4) is 0 Å². The summed E-state index contributed by atoms with van der Waals surface area (Å²) in [7, 11) is 0. The molecule has 4 rings (SSSR count). The van der Waals surface area contributed by atoms with Gasteiger partial charge in [-0.15, -0.1) is 0 Å². The maximum absolute atomic E-state index is 12.0. The lowest BCUT2D eigenvalue weighted by atomic mass is 10.1. The highest BCUT2D eigenvalue weighted by Gasteiger charge is 2.20. The summed E-state index contributed by atoms with van der Waals surface area (Å²) in [5, 5.41) is 16.2. The molecular weight excluding hydrogens is 494 g/mol. The summed E-state index contributed by atoms with van der Waals surface area (Å²) in [6.07, 6.45) is 10.6. The first-order chi connectivity index (χ1) is 19.0. The van der Waals surface area contributed by atoms with E-state index < -0.39 is 12.0 Å². The molecule has 0 unspecified atom stereocenters. The predicted molar refractivity (Wildman–Crippen MR) is 151 cm³/mol. The molecular formula is C29H39N7O3. The number of pyridine rings is 2. The average Bonchev–Trinajstić information content (AvgIpc) is 2.94. The van der Waals surface area contributed by atoms with Crippen molar-refractivity contribution in [2.24, 2.45) is 0 Å². The summed E-state index contributed by atoms with van der Waals surface area (Å²) in [5.41, 5.74) is 4.18. The molecule has 0 aromatic carbocycles. The van der Waals surface area contributed by atoms with Gasteiger partial charge in [0.05, 0.1) is 5.69 Å². The summed E-state index contributed by atoms with van der Waals surface area (Å²) in [5.74, 6) is 1.20. The van der Waals surface area contributed by atoms with Crippen molar-refractivity contribution in [2.45, 2.75) is 58.4 Å². The van der Waals surface area contributed by atoms with Crippen molar-refractivity contribution in [3.63, 3.8) is 0 Å². The number of ether oxygens (including phenoxy) is 1. The van der Waals surface area contributed by atoms with E-state index in [-0.39, 0.29) is 0 Å². The smallest absolute Gasteiger partial charge is 0.326 e. The molecule has 0 radical (unpaired) electrons. The number of carboxylic acids is 1. The molecule has 0 bridgehead atoms. The molecule has 1 aliphatic rings. The highest BCUT2D eigenvalue weighted by Crippen LogP contribution is 2.20. The Bertz CT molecular complexity index is 1210. The highest BCUT2D eigenvalue weighted by molar-refractivity contribution is 5.76. The van der Waals surface area contributed by atoms with Gasteiger partial charge in [-0.2, -0.15) is 0 Å². The third-order valence-electron chi connectivity index (χ3n) is 6.85. The van der Waals surface area contributed by atoms with Crippen LogP contribution < -0.4 is 15.4 Å². The van der Waals surface area contributed by atoms with Crippen molar-refractivity contribution < 1.29 is 14.6 Å². The number of aromatic nitrogens is 4. The van der Waals surface area contributed by atoms with Crippen molar-refractivity contribution in [3.8, 4) is 5.75 Å². The van der Waals surface area contributed by atoms with E-state index in [4.69, 9.17) is 9.72 Å². The molecule has 4 heterocycles. The van der Waals surface area contributed by atoms with Gasteiger partial charge in [-0.25, -0.2) is 19.7 Å². The zero-order valence-corrected chi connectivity index (χ0v) is 22.9. The molecule has 0 amide bonds. The van der Waals surface area contributed by atoms with Gasteiger partial charge in [-0.3, -0.25) is 9.88 Å². The molecule has 208 valence electrons. The number of unbranched alkanes of at least 4 members (excludes halogenated alkanes) is 1. The molecule has 39 heavy (non-hydrogen) atoms. The van der Waals surface area contributed by atoms with E-state index in [1.807, 2.05) is 26.0 Å². The Labute approximate surface area is 230 Å². The van der Waals surface area contributed by atoms with Crippen LogP contribution in [0.1, 0.15) is 48.2 Å². The molecule has 0 aliphatic carbocycles. The number of carboxylic acid groups (broad SMARTS) is 1. The van der Waals surface area contributed by atoms with Crippen molar-refractivity contribution in [3.05, 3.63) is 65.4 Å². The van der Waals surface area contributed by atoms with Crippen LogP contribution in [-0.4, -0.2) is 74.7 Å². The first-order valence-electron chi connectivity index (χ1n) is 13.8. The second kappa shape index (κ2) is 14.4. The van der Waals surface area contributed by atoms with Crippen molar-refractivity contribution in [1.82, 2.24) is 24.8 Å². The van der Waals surface area contributed by atoms with Gasteiger partial charge in [-0.1, -0.05) is 6.07 Å². The average molecular weight is 534 g/mol. The number of nitrogens with one attached hydrogen (secondary N) is 2. The molecule has 3 aromatic heterocycles. The standard InChI is InChI=1S/C29H39N7O3/c1-21-19-32-29(33-20-21)35-25(28(37)38)12-16-36(17-18-39-26-9-6-13-30-22(26)2)15-4-3-8-24-11-10-23-7-5-14-31-27(23)34-24/h6,9-11,13,19-20,25H,3-5,7-8,12,14-18H2,1-2H3,(H,31,34)(H,37,38)(H,32,33,35)/t25-/m0/s1. The Hall–Kier alpha value is -3.79. The number of aliphatic carboxylic acids is 1. The number of hydrogen-bond acceptors (Lipinski definition) is 9. The van der Waals surface area contributed by atoms with Gasteiger partial charge < -0.3 is 20.5 Å². The number of anilines is 2. The van der Waals surface area contributed by atoms with Crippen LogP contribution in [-0.2, 0) is 17.6 Å². The second-order valence-corrected chi connectivity index (χ2v) is 9.98. The van der Waals surface area contributed by atoms with E-state index in [0.717, 1.165) is 73.7 Å². The van der Waals surface area contributed by atoms with Gasteiger partial charge in [0.2, 0.25) is 5.95 Å². The van der Waals surface area contributed by atoms with Crippen LogP contribution in [0.4, 0.5) is 11.8 Å². The Balaban J connectivity index is 1.30. The van der Waals surface area contributed by atoms with Gasteiger partial charge in [0.1, 0.15) is 24.2 Å². The maximum atomic E-state index is 12.0. The maximum Gasteiger partial charge on any atom is 0.326 e.